The van der Waals surface area contributed by atoms with Crippen molar-refractivity contribution in [2.45, 2.75) is 38.0 Å². The topological polar surface area (TPSA) is 43.4 Å². The molecule has 2 aromatic rings. The van der Waals surface area contributed by atoms with Gasteiger partial charge in [0.2, 0.25) is 0 Å². The summed E-state index contributed by atoms with van der Waals surface area (Å²) in [5, 5.41) is 0.607. The second-order valence-electron chi connectivity index (χ2n) is 6.83. The summed E-state index contributed by atoms with van der Waals surface area (Å²) in [4.78, 5) is 25.4. The van der Waals surface area contributed by atoms with Gasteiger partial charge in [0.15, 0.2) is 5.78 Å². The molecule has 136 valence electrons. The summed E-state index contributed by atoms with van der Waals surface area (Å²) in [7, 11) is 1.63. The first-order valence-corrected chi connectivity index (χ1v) is 9.41. The maximum absolute atomic E-state index is 12.8. The van der Waals surface area contributed by atoms with Gasteiger partial charge in [-0.2, -0.15) is 0 Å². The van der Waals surface area contributed by atoms with Crippen molar-refractivity contribution in [1.82, 2.24) is 0 Å². The van der Waals surface area contributed by atoms with E-state index < -0.39 is 0 Å². The van der Waals surface area contributed by atoms with Crippen LogP contribution in [0.4, 0.5) is 0 Å². The summed E-state index contributed by atoms with van der Waals surface area (Å²) in [6.07, 6.45) is 3.79. The Morgan fingerprint density at radius 1 is 1.12 bits per heavy atom. The number of carbonyl (C=O) groups excluding carboxylic acids is 2. The van der Waals surface area contributed by atoms with E-state index in [0.29, 0.717) is 23.4 Å². The lowest BCUT2D eigenvalue weighted by Gasteiger charge is -2.29. The average molecular weight is 371 g/mol. The molecule has 4 heteroatoms. The first-order chi connectivity index (χ1) is 12.6. The van der Waals surface area contributed by atoms with E-state index in [2.05, 4.69) is 0 Å². The molecule has 2 aromatic carbocycles. The zero-order chi connectivity index (χ0) is 18.5. The first-order valence-electron chi connectivity index (χ1n) is 9.04. The number of methoxy groups -OCH3 is 1. The highest BCUT2D eigenvalue weighted by Gasteiger charge is 2.32. The van der Waals surface area contributed by atoms with Gasteiger partial charge in [0.25, 0.3) is 0 Å². The minimum absolute atomic E-state index is 0.0425. The summed E-state index contributed by atoms with van der Waals surface area (Å²) < 4.78 is 5.23. The number of ether oxygens (including phenoxy) is 1. The molecule has 0 saturated heterocycles. The average Bonchev–Trinajstić information content (AvgIpc) is 2.67. The van der Waals surface area contributed by atoms with E-state index in [1.165, 1.54) is 0 Å². The molecule has 3 nitrogen and oxygen atoms in total. The van der Waals surface area contributed by atoms with E-state index >= 15 is 0 Å². The zero-order valence-corrected chi connectivity index (χ0v) is 15.7. The highest BCUT2D eigenvalue weighted by Crippen LogP contribution is 2.37. The SMILES string of the molecule is COc1ccc([C@H](CC(=O)c2ccc(Cl)cc2)[C@H]2CCCCC2=O)cc1. The van der Waals surface area contributed by atoms with Crippen molar-refractivity contribution in [3.63, 3.8) is 0 Å². The van der Waals surface area contributed by atoms with E-state index in [0.717, 1.165) is 30.6 Å². The second-order valence-corrected chi connectivity index (χ2v) is 7.27. The number of ketones is 2. The summed E-state index contributed by atoms with van der Waals surface area (Å²) in [5.74, 6) is 0.901. The van der Waals surface area contributed by atoms with Gasteiger partial charge >= 0.3 is 0 Å². The van der Waals surface area contributed by atoms with Crippen LogP contribution in [-0.4, -0.2) is 18.7 Å². The molecule has 0 aliphatic heterocycles. The van der Waals surface area contributed by atoms with Crippen molar-refractivity contribution in [3.8, 4) is 5.75 Å². The van der Waals surface area contributed by atoms with Crippen molar-refractivity contribution in [2.75, 3.05) is 7.11 Å². The van der Waals surface area contributed by atoms with Crippen LogP contribution in [0.2, 0.25) is 5.02 Å². The predicted octanol–water partition coefficient (Wildman–Crippen LogP) is 5.46. The Balaban J connectivity index is 1.87. The number of carbonyl (C=O) groups is 2. The largest absolute Gasteiger partial charge is 0.497 e. The second kappa shape index (κ2) is 8.50. The molecular formula is C22H23ClO3. The summed E-state index contributed by atoms with van der Waals surface area (Å²) in [6, 6.07) is 14.7. The Kier molecular flexibility index (Phi) is 6.10. The first kappa shape index (κ1) is 18.7. The highest BCUT2D eigenvalue weighted by molar-refractivity contribution is 6.30. The molecule has 1 aliphatic rings. The molecule has 1 saturated carbocycles. The molecule has 0 heterocycles. The fourth-order valence-corrected chi connectivity index (χ4v) is 3.86. The van der Waals surface area contributed by atoms with Crippen LogP contribution < -0.4 is 4.74 Å². The minimum atomic E-state index is -0.100. The number of halogens is 1. The molecule has 0 unspecified atom stereocenters. The van der Waals surface area contributed by atoms with Gasteiger partial charge in [-0.1, -0.05) is 30.2 Å². The van der Waals surface area contributed by atoms with Crippen molar-refractivity contribution in [1.29, 1.82) is 0 Å². The monoisotopic (exact) mass is 370 g/mol. The van der Waals surface area contributed by atoms with Crippen molar-refractivity contribution < 1.29 is 14.3 Å². The van der Waals surface area contributed by atoms with E-state index in [4.69, 9.17) is 16.3 Å². The lowest BCUT2D eigenvalue weighted by Crippen LogP contribution is -2.27. The zero-order valence-electron chi connectivity index (χ0n) is 14.9. The molecule has 0 spiro atoms. The van der Waals surface area contributed by atoms with Gasteiger partial charge in [-0.05, 0) is 54.8 Å². The van der Waals surface area contributed by atoms with Gasteiger partial charge in [0, 0.05) is 35.3 Å². The smallest absolute Gasteiger partial charge is 0.163 e. The van der Waals surface area contributed by atoms with Crippen LogP contribution in [0.1, 0.15) is 53.9 Å². The van der Waals surface area contributed by atoms with Crippen LogP contribution in [0.15, 0.2) is 48.5 Å². The van der Waals surface area contributed by atoms with Gasteiger partial charge in [-0.3, -0.25) is 9.59 Å². The summed E-state index contributed by atoms with van der Waals surface area (Å²) in [6.45, 7) is 0. The Labute approximate surface area is 159 Å². The lowest BCUT2D eigenvalue weighted by atomic mass is 9.73. The number of hydrogen-bond donors (Lipinski definition) is 0. The molecule has 26 heavy (non-hydrogen) atoms. The van der Waals surface area contributed by atoms with E-state index in [1.807, 2.05) is 24.3 Å². The normalized spacial score (nSPS) is 18.4. The van der Waals surface area contributed by atoms with Crippen LogP contribution in [0.5, 0.6) is 5.75 Å². The number of benzene rings is 2. The molecule has 3 rings (SSSR count). The molecule has 0 aromatic heterocycles. The molecule has 1 aliphatic carbocycles. The fraction of sp³-hybridized carbons (Fsp3) is 0.364. The Hall–Kier alpha value is -2.13. The number of Topliss-reactive ketones (excluding diaryl/α,β-unsaturated/α-hetero) is 2. The molecule has 2 atom stereocenters. The Bertz CT molecular complexity index is 765. The van der Waals surface area contributed by atoms with E-state index in [9.17, 15) is 9.59 Å². The van der Waals surface area contributed by atoms with Gasteiger partial charge in [-0.25, -0.2) is 0 Å². The van der Waals surface area contributed by atoms with Crippen molar-refractivity contribution in [3.05, 3.63) is 64.7 Å². The Morgan fingerprint density at radius 3 is 2.42 bits per heavy atom. The molecule has 0 bridgehead atoms. The Morgan fingerprint density at radius 2 is 1.81 bits per heavy atom. The third-order valence-corrected chi connectivity index (χ3v) is 5.46. The predicted molar refractivity (Wildman–Crippen MR) is 103 cm³/mol. The van der Waals surface area contributed by atoms with Gasteiger partial charge < -0.3 is 4.74 Å². The van der Waals surface area contributed by atoms with Crippen LogP contribution in [0.25, 0.3) is 0 Å². The number of rotatable bonds is 6. The molecule has 1 fully saturated rings. The minimum Gasteiger partial charge on any atom is -0.497 e. The van der Waals surface area contributed by atoms with Crippen LogP contribution in [0.3, 0.4) is 0 Å². The molecule has 0 radical (unpaired) electrons. The number of hydrogen-bond acceptors (Lipinski definition) is 3. The highest BCUT2D eigenvalue weighted by atomic mass is 35.5. The maximum atomic E-state index is 12.8. The van der Waals surface area contributed by atoms with E-state index in [1.54, 1.807) is 31.4 Å². The van der Waals surface area contributed by atoms with Crippen LogP contribution >= 0.6 is 11.6 Å². The van der Waals surface area contributed by atoms with Crippen LogP contribution in [0, 0.1) is 5.92 Å². The van der Waals surface area contributed by atoms with Crippen molar-refractivity contribution in [2.24, 2.45) is 5.92 Å². The van der Waals surface area contributed by atoms with Crippen molar-refractivity contribution >= 4 is 23.2 Å². The lowest BCUT2D eigenvalue weighted by molar-refractivity contribution is -0.125. The molecule has 0 N–H and O–H groups in total. The quantitative estimate of drug-likeness (QED) is 0.633. The fourth-order valence-electron chi connectivity index (χ4n) is 3.73. The summed E-state index contributed by atoms with van der Waals surface area (Å²) >= 11 is 5.92. The van der Waals surface area contributed by atoms with Gasteiger partial charge in [-0.15, -0.1) is 0 Å². The summed E-state index contributed by atoms with van der Waals surface area (Å²) in [5.41, 5.74) is 1.66. The van der Waals surface area contributed by atoms with E-state index in [-0.39, 0.29) is 23.4 Å². The maximum Gasteiger partial charge on any atom is 0.163 e. The molecular weight excluding hydrogens is 348 g/mol. The third-order valence-electron chi connectivity index (χ3n) is 5.20. The third kappa shape index (κ3) is 4.34. The molecule has 0 amide bonds. The standard InChI is InChI=1S/C22H23ClO3/c1-26-18-12-8-15(9-13-18)20(19-4-2-3-5-21(19)24)14-22(25)16-6-10-17(23)11-7-16/h6-13,19-20H,2-5,14H2,1H3/t19-,20+/m1/s1. The van der Waals surface area contributed by atoms with Crippen LogP contribution in [-0.2, 0) is 4.79 Å². The van der Waals surface area contributed by atoms with Gasteiger partial charge in [0.1, 0.15) is 11.5 Å². The van der Waals surface area contributed by atoms with Gasteiger partial charge in [0.05, 0.1) is 7.11 Å².